The average Bonchev–Trinajstić information content (AvgIpc) is 3.14. The minimum atomic E-state index is -0.431. The first-order chi connectivity index (χ1) is 13.1. The van der Waals surface area contributed by atoms with E-state index in [0.717, 1.165) is 40.6 Å². The molecule has 0 spiro atoms. The number of ether oxygens (including phenoxy) is 1. The molecule has 5 nitrogen and oxygen atoms in total. The fourth-order valence-corrected chi connectivity index (χ4v) is 5.43. The summed E-state index contributed by atoms with van der Waals surface area (Å²) in [5.74, 6) is -1.03. The van der Waals surface area contributed by atoms with Gasteiger partial charge in [0.15, 0.2) is 0 Å². The fraction of sp³-hybridized carbons (Fsp3) is 0.450. The van der Waals surface area contributed by atoms with Gasteiger partial charge in [-0.15, -0.1) is 11.3 Å². The molecule has 0 radical (unpaired) electrons. The molecule has 2 aliphatic rings. The minimum absolute atomic E-state index is 0.0133. The quantitative estimate of drug-likeness (QED) is 0.553. The second kappa shape index (κ2) is 7.60. The van der Waals surface area contributed by atoms with Crippen molar-refractivity contribution in [3.05, 3.63) is 34.2 Å². The van der Waals surface area contributed by atoms with Crippen LogP contribution in [0, 0.1) is 11.8 Å². The maximum Gasteiger partial charge on any atom is 0.307 e. The Labute approximate surface area is 166 Å². The van der Waals surface area contributed by atoms with E-state index in [4.69, 9.17) is 16.3 Å². The van der Waals surface area contributed by atoms with E-state index >= 15 is 0 Å². The summed E-state index contributed by atoms with van der Waals surface area (Å²) in [6.45, 7) is 0.202. The number of esters is 1. The first-order valence-electron chi connectivity index (χ1n) is 9.23. The number of fused-ring (bicyclic) bond motifs is 2. The van der Waals surface area contributed by atoms with Crippen molar-refractivity contribution in [2.24, 2.45) is 11.8 Å². The van der Waals surface area contributed by atoms with Gasteiger partial charge in [0, 0.05) is 16.6 Å². The Morgan fingerprint density at radius 3 is 2.48 bits per heavy atom. The van der Waals surface area contributed by atoms with E-state index < -0.39 is 5.97 Å². The van der Waals surface area contributed by atoms with Crippen LogP contribution in [0.2, 0.25) is 5.02 Å². The zero-order chi connectivity index (χ0) is 19.0. The Bertz CT molecular complexity index is 885. The topological polar surface area (TPSA) is 63.7 Å². The Kier molecular flexibility index (Phi) is 5.19. The summed E-state index contributed by atoms with van der Waals surface area (Å²) in [6, 6.07) is 7.76. The molecular formula is C20H20ClNO4S. The van der Waals surface area contributed by atoms with E-state index in [-0.39, 0.29) is 43.2 Å². The standard InChI is InChI=1S/C20H20ClNO4S/c21-18-14-7-3-4-8-15(14)27-16(18)11-26-17(23)9-10-22-19(24)12-5-1-2-6-13(12)20(22)25/h3-4,7-8,12-13H,1-2,5-6,9-11H2. The van der Waals surface area contributed by atoms with E-state index in [1.54, 1.807) is 0 Å². The molecule has 2 heterocycles. The second-order valence-electron chi connectivity index (χ2n) is 7.07. The number of thiophene rings is 1. The Morgan fingerprint density at radius 2 is 1.81 bits per heavy atom. The number of benzene rings is 1. The molecule has 1 aliphatic carbocycles. The molecular weight excluding hydrogens is 386 g/mol. The Hall–Kier alpha value is -1.92. The third kappa shape index (κ3) is 3.48. The predicted octanol–water partition coefficient (Wildman–Crippen LogP) is 4.16. The van der Waals surface area contributed by atoms with Gasteiger partial charge in [0.1, 0.15) is 6.61 Å². The normalized spacial score (nSPS) is 22.3. The van der Waals surface area contributed by atoms with Crippen LogP contribution in [0.5, 0.6) is 0 Å². The van der Waals surface area contributed by atoms with Gasteiger partial charge in [-0.3, -0.25) is 19.3 Å². The lowest BCUT2D eigenvalue weighted by Gasteiger charge is -2.19. The minimum Gasteiger partial charge on any atom is -0.460 e. The molecule has 2 atom stereocenters. The van der Waals surface area contributed by atoms with Crippen LogP contribution in [0.3, 0.4) is 0 Å². The van der Waals surface area contributed by atoms with Crippen LogP contribution in [-0.4, -0.2) is 29.2 Å². The summed E-state index contributed by atoms with van der Waals surface area (Å²) in [5, 5.41) is 1.56. The van der Waals surface area contributed by atoms with Gasteiger partial charge in [-0.25, -0.2) is 0 Å². The third-order valence-electron chi connectivity index (χ3n) is 5.44. The monoisotopic (exact) mass is 405 g/mol. The van der Waals surface area contributed by atoms with Crippen molar-refractivity contribution in [1.29, 1.82) is 0 Å². The molecule has 1 saturated carbocycles. The summed E-state index contributed by atoms with van der Waals surface area (Å²) in [4.78, 5) is 39.0. The summed E-state index contributed by atoms with van der Waals surface area (Å²) in [5.41, 5.74) is 0. The second-order valence-corrected chi connectivity index (χ2v) is 8.59. The lowest BCUT2D eigenvalue weighted by molar-refractivity contribution is -0.146. The molecule has 0 N–H and O–H groups in total. The number of carbonyl (C=O) groups excluding carboxylic acids is 3. The van der Waals surface area contributed by atoms with Gasteiger partial charge in [-0.1, -0.05) is 42.6 Å². The van der Waals surface area contributed by atoms with Gasteiger partial charge < -0.3 is 4.74 Å². The number of likely N-dealkylation sites (tertiary alicyclic amines) is 1. The summed E-state index contributed by atoms with van der Waals surface area (Å²) >= 11 is 7.85. The SMILES string of the molecule is O=C(CCN1C(=O)C2CCCCC2C1=O)OCc1sc2ccccc2c1Cl. The van der Waals surface area contributed by atoms with Crippen molar-refractivity contribution < 1.29 is 19.1 Å². The van der Waals surface area contributed by atoms with Gasteiger partial charge in [0.05, 0.1) is 28.2 Å². The summed E-state index contributed by atoms with van der Waals surface area (Å²) in [6.07, 6.45) is 3.55. The van der Waals surface area contributed by atoms with Gasteiger partial charge in [-0.2, -0.15) is 0 Å². The first-order valence-corrected chi connectivity index (χ1v) is 10.4. The number of rotatable bonds is 5. The number of imide groups is 1. The van der Waals surface area contributed by atoms with Crippen molar-refractivity contribution >= 4 is 50.8 Å². The van der Waals surface area contributed by atoms with Crippen molar-refractivity contribution in [2.45, 2.75) is 38.7 Å². The lowest BCUT2D eigenvalue weighted by Crippen LogP contribution is -2.33. The van der Waals surface area contributed by atoms with Gasteiger partial charge in [0.25, 0.3) is 0 Å². The van der Waals surface area contributed by atoms with Gasteiger partial charge in [0.2, 0.25) is 11.8 Å². The van der Waals surface area contributed by atoms with Crippen LogP contribution in [0.1, 0.15) is 37.0 Å². The van der Waals surface area contributed by atoms with E-state index in [1.165, 1.54) is 16.2 Å². The zero-order valence-corrected chi connectivity index (χ0v) is 16.4. The number of amides is 2. The molecule has 7 heteroatoms. The largest absolute Gasteiger partial charge is 0.460 e. The Balaban J connectivity index is 1.32. The Morgan fingerprint density at radius 1 is 1.15 bits per heavy atom. The van der Waals surface area contributed by atoms with Crippen molar-refractivity contribution in [3.63, 3.8) is 0 Å². The molecule has 1 saturated heterocycles. The van der Waals surface area contributed by atoms with Gasteiger partial charge >= 0.3 is 5.97 Å². The summed E-state index contributed by atoms with van der Waals surface area (Å²) in [7, 11) is 0. The maximum absolute atomic E-state index is 12.4. The molecule has 142 valence electrons. The van der Waals surface area contributed by atoms with Crippen LogP contribution in [-0.2, 0) is 25.7 Å². The highest BCUT2D eigenvalue weighted by molar-refractivity contribution is 7.19. The number of hydrogen-bond donors (Lipinski definition) is 0. The van der Waals surface area contributed by atoms with Crippen LogP contribution in [0.15, 0.2) is 24.3 Å². The highest BCUT2D eigenvalue weighted by Crippen LogP contribution is 2.38. The smallest absolute Gasteiger partial charge is 0.307 e. The van der Waals surface area contributed by atoms with E-state index in [1.807, 2.05) is 24.3 Å². The lowest BCUT2D eigenvalue weighted by atomic mass is 9.81. The molecule has 2 fully saturated rings. The molecule has 1 aromatic carbocycles. The van der Waals surface area contributed by atoms with Crippen molar-refractivity contribution in [3.8, 4) is 0 Å². The fourth-order valence-electron chi connectivity index (χ4n) is 4.03. The molecule has 4 rings (SSSR count). The van der Waals surface area contributed by atoms with E-state index in [9.17, 15) is 14.4 Å². The first kappa shape index (κ1) is 18.4. The third-order valence-corrected chi connectivity index (χ3v) is 7.13. The highest BCUT2D eigenvalue weighted by Gasteiger charge is 2.47. The summed E-state index contributed by atoms with van der Waals surface area (Å²) < 4.78 is 6.37. The van der Waals surface area contributed by atoms with Gasteiger partial charge in [-0.05, 0) is 18.9 Å². The highest BCUT2D eigenvalue weighted by atomic mass is 35.5. The van der Waals surface area contributed by atoms with Crippen molar-refractivity contribution in [2.75, 3.05) is 6.54 Å². The van der Waals surface area contributed by atoms with E-state index in [0.29, 0.717) is 5.02 Å². The zero-order valence-electron chi connectivity index (χ0n) is 14.8. The van der Waals surface area contributed by atoms with Crippen LogP contribution < -0.4 is 0 Å². The molecule has 2 aromatic rings. The maximum atomic E-state index is 12.4. The number of hydrogen-bond acceptors (Lipinski definition) is 5. The molecule has 1 aliphatic heterocycles. The van der Waals surface area contributed by atoms with Crippen LogP contribution >= 0.6 is 22.9 Å². The number of halogens is 1. The molecule has 1 aromatic heterocycles. The average molecular weight is 406 g/mol. The van der Waals surface area contributed by atoms with Crippen molar-refractivity contribution in [1.82, 2.24) is 4.90 Å². The molecule has 2 amide bonds. The molecule has 2 unspecified atom stereocenters. The number of carbonyl (C=O) groups is 3. The van der Waals surface area contributed by atoms with Crippen LogP contribution in [0.4, 0.5) is 0 Å². The predicted molar refractivity (Wildman–Crippen MR) is 103 cm³/mol. The molecule has 27 heavy (non-hydrogen) atoms. The number of nitrogens with zero attached hydrogens (tertiary/aromatic N) is 1. The van der Waals surface area contributed by atoms with E-state index in [2.05, 4.69) is 0 Å². The molecule has 0 bridgehead atoms. The van der Waals surface area contributed by atoms with Crippen LogP contribution in [0.25, 0.3) is 10.1 Å².